The predicted molar refractivity (Wildman–Crippen MR) is 260 cm³/mol. The number of ether oxygens (including phenoxy) is 4. The van der Waals surface area contributed by atoms with Crippen molar-refractivity contribution < 1.29 is 53.2 Å². The molecule has 2 amide bonds. The third-order valence-electron chi connectivity index (χ3n) is 14.0. The van der Waals surface area contributed by atoms with Crippen molar-refractivity contribution in [3.05, 3.63) is 107 Å². The number of nitrogens with zero attached hydrogens (tertiary/aromatic N) is 2. The van der Waals surface area contributed by atoms with E-state index in [4.69, 9.17) is 23.8 Å². The largest absolute Gasteiger partial charge is 0.508 e. The van der Waals surface area contributed by atoms with Crippen LogP contribution in [0.1, 0.15) is 128 Å². The van der Waals surface area contributed by atoms with Gasteiger partial charge in [0, 0.05) is 39.2 Å². The van der Waals surface area contributed by atoms with Crippen molar-refractivity contribution >= 4 is 29.8 Å². The second-order valence-corrected chi connectivity index (χ2v) is 20.3. The molecule has 14 nitrogen and oxygen atoms in total. The van der Waals surface area contributed by atoms with Crippen LogP contribution in [0.3, 0.4) is 0 Å². The van der Waals surface area contributed by atoms with E-state index in [1.807, 2.05) is 78.9 Å². The lowest BCUT2D eigenvalue weighted by atomic mass is 9.62. The van der Waals surface area contributed by atoms with Crippen molar-refractivity contribution in [2.75, 3.05) is 13.7 Å². The van der Waals surface area contributed by atoms with Gasteiger partial charge in [0.15, 0.2) is 11.8 Å². The summed E-state index contributed by atoms with van der Waals surface area (Å²) in [6.07, 6.45) is 8.42. The highest BCUT2D eigenvalue weighted by atomic mass is 16.8. The van der Waals surface area contributed by atoms with Crippen molar-refractivity contribution in [2.24, 2.45) is 5.41 Å². The minimum absolute atomic E-state index is 0.0391. The van der Waals surface area contributed by atoms with Gasteiger partial charge in [-0.2, -0.15) is 5.06 Å². The Morgan fingerprint density at radius 3 is 2.23 bits per heavy atom. The molecule has 0 aromatic heterocycles. The van der Waals surface area contributed by atoms with E-state index in [0.29, 0.717) is 19.3 Å². The number of rotatable bonds is 23. The van der Waals surface area contributed by atoms with Crippen molar-refractivity contribution in [3.8, 4) is 5.75 Å². The number of hydrogen-bond acceptors (Lipinski definition) is 12. The number of carbonyl (C=O) groups is 4. The second kappa shape index (κ2) is 22.7. The number of hydrogen-bond donors (Lipinski definition) is 3. The molecule has 374 valence electrons. The topological polar surface area (TPSA) is 173 Å². The number of esters is 2. The van der Waals surface area contributed by atoms with Gasteiger partial charge in [-0.05, 0) is 74.8 Å². The van der Waals surface area contributed by atoms with Crippen molar-refractivity contribution in [2.45, 2.75) is 179 Å². The van der Waals surface area contributed by atoms with Crippen LogP contribution >= 0.6 is 0 Å². The molecule has 69 heavy (non-hydrogen) atoms. The minimum atomic E-state index is -1.57. The quantitative estimate of drug-likeness (QED) is 0.0624. The highest BCUT2D eigenvalue weighted by Gasteiger charge is 2.76. The number of allylic oxidation sites excluding steroid dienone is 1. The number of phenols is 1. The zero-order valence-corrected chi connectivity index (χ0v) is 41.3. The van der Waals surface area contributed by atoms with Crippen LogP contribution in [0, 0.1) is 5.41 Å². The van der Waals surface area contributed by atoms with Crippen LogP contribution in [-0.2, 0) is 62.3 Å². The molecule has 1 saturated carbocycles. The number of likely N-dealkylation sites (N-methyl/N-ethyl adjacent to an activating group) is 1. The lowest BCUT2D eigenvalue weighted by Gasteiger charge is -2.50. The molecule has 0 unspecified atom stereocenters. The second-order valence-electron chi connectivity index (χ2n) is 20.3. The number of benzene rings is 3. The zero-order chi connectivity index (χ0) is 49.3. The van der Waals surface area contributed by atoms with Gasteiger partial charge in [0.25, 0.3) is 0 Å². The van der Waals surface area contributed by atoms with E-state index < -0.39 is 89.7 Å². The molecule has 0 radical (unpaired) electrons. The molecule has 7 rings (SSSR count). The Morgan fingerprint density at radius 1 is 0.913 bits per heavy atom. The van der Waals surface area contributed by atoms with Gasteiger partial charge in [0.1, 0.15) is 47.2 Å². The summed E-state index contributed by atoms with van der Waals surface area (Å²) in [6.45, 7) is 9.28. The van der Waals surface area contributed by atoms with E-state index in [2.05, 4.69) is 19.2 Å². The Labute approximate surface area is 407 Å². The van der Waals surface area contributed by atoms with E-state index in [1.54, 1.807) is 45.0 Å². The molecule has 3 heterocycles. The monoisotopic (exact) mass is 952 g/mol. The standard InChI is InChI=1S/C55H73N3O11/c1-7-9-18-31-54(32-19-10-8-2)67-46-44-34-55(52(64)57(6)42(33-37-21-12-11-13-22-37)50(62)56-41(36-59)29-30-45(61)66-53(3,4)5)48(51(63)65-44)58(69-49(55)47(46)68-54)35-40-25-15-14-23-38(40)26-20-27-39-24-16-17-28-43(39)60/h11-17,20-26,28,41-42,44,46-49,59-60H,7-10,18-19,27,29-36H2,1-6H3,(H,56,62)/t41-,42+,44+,46-,47-,48+,49+,55+/m0/s1. The Hall–Kier alpha value is -5.12. The average Bonchev–Trinajstić information content (AvgIpc) is 3.88. The summed E-state index contributed by atoms with van der Waals surface area (Å²) in [5.41, 5.74) is 0.990. The maximum absolute atomic E-state index is 16.0. The molecule has 4 fully saturated rings. The van der Waals surface area contributed by atoms with Crippen LogP contribution in [0.4, 0.5) is 0 Å². The Morgan fingerprint density at radius 2 is 1.57 bits per heavy atom. The molecule has 8 atom stereocenters. The molecule has 0 spiro atoms. The fourth-order valence-electron chi connectivity index (χ4n) is 10.6. The number of para-hydroxylation sites is 1. The van der Waals surface area contributed by atoms with Crippen LogP contribution in [0.2, 0.25) is 0 Å². The number of amides is 2. The summed E-state index contributed by atoms with van der Waals surface area (Å²) in [4.78, 5) is 66.6. The van der Waals surface area contributed by atoms with Crippen molar-refractivity contribution in [1.82, 2.24) is 15.3 Å². The van der Waals surface area contributed by atoms with E-state index in [1.165, 1.54) is 4.90 Å². The first-order valence-electron chi connectivity index (χ1n) is 25.1. The summed E-state index contributed by atoms with van der Waals surface area (Å²) in [7, 11) is 1.58. The van der Waals surface area contributed by atoms with Crippen LogP contribution in [-0.4, -0.2) is 112 Å². The maximum Gasteiger partial charge on any atom is 0.327 e. The number of phenolic OH excluding ortho intramolecular Hbond substituents is 1. The van der Waals surface area contributed by atoms with Crippen LogP contribution in [0.5, 0.6) is 5.75 Å². The lowest BCUT2D eigenvalue weighted by molar-refractivity contribution is -0.225. The van der Waals surface area contributed by atoms with Crippen LogP contribution in [0.15, 0.2) is 84.9 Å². The van der Waals surface area contributed by atoms with Gasteiger partial charge in [-0.15, -0.1) is 0 Å². The fraction of sp³-hybridized carbons (Fsp3) is 0.564. The third kappa shape index (κ3) is 11.9. The van der Waals surface area contributed by atoms with Gasteiger partial charge in [-0.25, -0.2) is 0 Å². The molecule has 3 saturated heterocycles. The molecule has 3 aromatic carbocycles. The summed E-state index contributed by atoms with van der Waals surface area (Å²) in [6, 6.07) is 21.2. The highest BCUT2D eigenvalue weighted by molar-refractivity contribution is 5.96. The summed E-state index contributed by atoms with van der Waals surface area (Å²) < 4.78 is 26.0. The number of unbranched alkanes of at least 4 members (excludes halogenated alkanes) is 4. The molecule has 14 heteroatoms. The van der Waals surface area contributed by atoms with E-state index in [9.17, 15) is 24.6 Å². The Bertz CT molecular complexity index is 2250. The zero-order valence-electron chi connectivity index (χ0n) is 41.3. The molecule has 3 aliphatic heterocycles. The molecular weight excluding hydrogens is 879 g/mol. The van der Waals surface area contributed by atoms with Crippen molar-refractivity contribution in [1.29, 1.82) is 0 Å². The number of aliphatic hydroxyl groups excluding tert-OH is 1. The smallest absolute Gasteiger partial charge is 0.327 e. The molecule has 1 aliphatic carbocycles. The van der Waals surface area contributed by atoms with Crippen LogP contribution in [0.25, 0.3) is 6.08 Å². The van der Waals surface area contributed by atoms with Gasteiger partial charge in [0.2, 0.25) is 11.8 Å². The maximum atomic E-state index is 16.0. The van der Waals surface area contributed by atoms with Gasteiger partial charge < -0.3 is 39.4 Å². The molecule has 3 N–H and O–H groups in total. The summed E-state index contributed by atoms with van der Waals surface area (Å²) >= 11 is 0. The van der Waals surface area contributed by atoms with Gasteiger partial charge in [-0.3, -0.25) is 24.0 Å². The number of fused-ring (bicyclic) bond motifs is 4. The third-order valence-corrected chi connectivity index (χ3v) is 14.0. The first kappa shape index (κ1) is 51.7. The SMILES string of the molecule is CCCCCC1(CCCCC)O[C@@H]2[C@H](O1)[C@H]1ON(Cc3ccccc3C=CCc3ccccc3O)[C@@H]3C(=O)O[C@@H]2C[C@]13C(=O)N(C)[C@H](Cc1ccccc1)C(=O)N[C@H](CO)CCC(=O)OC(C)(C)C. The predicted octanol–water partition coefficient (Wildman–Crippen LogP) is 7.76. The van der Waals surface area contributed by atoms with E-state index >= 15 is 4.79 Å². The molecular formula is C55H73N3O11. The fourth-order valence-corrected chi connectivity index (χ4v) is 10.6. The number of aliphatic hydroxyl groups is 1. The molecule has 3 aromatic rings. The summed E-state index contributed by atoms with van der Waals surface area (Å²) in [5.74, 6) is -2.83. The van der Waals surface area contributed by atoms with Gasteiger partial charge in [-0.1, -0.05) is 124 Å². The number of nitrogens with one attached hydrogen (secondary N) is 1. The van der Waals surface area contributed by atoms with E-state index in [-0.39, 0.29) is 38.0 Å². The first-order valence-corrected chi connectivity index (χ1v) is 25.1. The molecule has 4 aliphatic rings. The molecule has 2 bridgehead atoms. The number of carbonyl (C=O) groups excluding carboxylic acids is 4. The van der Waals surface area contributed by atoms with Gasteiger partial charge in [0.05, 0.1) is 19.2 Å². The minimum Gasteiger partial charge on any atom is -0.508 e. The average molecular weight is 952 g/mol. The lowest BCUT2D eigenvalue weighted by Crippen LogP contribution is -2.70. The Kier molecular flexibility index (Phi) is 17.1. The first-order chi connectivity index (χ1) is 33.1. The van der Waals surface area contributed by atoms with Gasteiger partial charge >= 0.3 is 11.9 Å². The number of hydroxylamine groups is 2. The normalized spacial score (nSPS) is 24.6. The van der Waals surface area contributed by atoms with E-state index in [0.717, 1.165) is 60.8 Å². The summed E-state index contributed by atoms with van der Waals surface area (Å²) in [5, 5.41) is 25.4. The van der Waals surface area contributed by atoms with Crippen LogP contribution < -0.4 is 5.32 Å². The number of aromatic hydroxyl groups is 1. The Balaban J connectivity index is 1.25. The highest BCUT2D eigenvalue weighted by Crippen LogP contribution is 2.58. The van der Waals surface area contributed by atoms with Crippen molar-refractivity contribution in [3.63, 3.8) is 0 Å².